The smallest absolute Gasteiger partial charge is 0.263 e. The summed E-state index contributed by atoms with van der Waals surface area (Å²) in [6.45, 7) is 2.81. The number of likely N-dealkylation sites (tertiary alicyclic amines) is 1. The Kier molecular flexibility index (Phi) is 5.54. The van der Waals surface area contributed by atoms with Crippen LogP contribution in [-0.4, -0.2) is 45.1 Å². The van der Waals surface area contributed by atoms with Gasteiger partial charge >= 0.3 is 0 Å². The monoisotopic (exact) mass is 382 g/mol. The summed E-state index contributed by atoms with van der Waals surface area (Å²) in [4.78, 5) is 33.8. The SMILES string of the molecule is O=C(NCc1ccc(CN2CCC(O)C2)cc1)c1cnc(C2CCC2)[nH]c1=O. The summed E-state index contributed by atoms with van der Waals surface area (Å²) >= 11 is 0. The van der Waals surface area contributed by atoms with Gasteiger partial charge in [-0.1, -0.05) is 30.7 Å². The molecule has 2 heterocycles. The van der Waals surface area contributed by atoms with Crippen molar-refractivity contribution in [3.8, 4) is 0 Å². The minimum Gasteiger partial charge on any atom is -0.392 e. The molecule has 2 fully saturated rings. The summed E-state index contributed by atoms with van der Waals surface area (Å²) in [5.41, 5.74) is 1.82. The Morgan fingerprint density at radius 3 is 2.57 bits per heavy atom. The standard InChI is InChI=1S/C21H26N4O3/c26-17-8-9-25(13-17)12-15-6-4-14(5-7-15)10-23-20(27)18-11-22-19(24-21(18)28)16-2-1-3-16/h4-7,11,16-17,26H,1-3,8-10,12-13H2,(H,23,27)(H,22,24,28). The Labute approximate surface area is 163 Å². The van der Waals surface area contributed by atoms with Gasteiger partial charge < -0.3 is 15.4 Å². The van der Waals surface area contributed by atoms with E-state index in [1.807, 2.05) is 24.3 Å². The van der Waals surface area contributed by atoms with Gasteiger partial charge in [0, 0.05) is 38.3 Å². The zero-order valence-electron chi connectivity index (χ0n) is 15.9. The van der Waals surface area contributed by atoms with Crippen molar-refractivity contribution in [3.05, 3.63) is 63.3 Å². The van der Waals surface area contributed by atoms with Crippen molar-refractivity contribution in [2.75, 3.05) is 13.1 Å². The molecule has 1 atom stereocenters. The maximum atomic E-state index is 12.3. The summed E-state index contributed by atoms with van der Waals surface area (Å²) in [6, 6.07) is 8.02. The number of hydrogen-bond acceptors (Lipinski definition) is 5. The van der Waals surface area contributed by atoms with Gasteiger partial charge in [0.2, 0.25) is 0 Å². The number of aliphatic hydroxyl groups is 1. The van der Waals surface area contributed by atoms with Crippen molar-refractivity contribution in [3.63, 3.8) is 0 Å². The highest BCUT2D eigenvalue weighted by Gasteiger charge is 2.23. The second kappa shape index (κ2) is 8.24. The molecule has 0 radical (unpaired) electrons. The minimum atomic E-state index is -0.413. The molecular weight excluding hydrogens is 356 g/mol. The van der Waals surface area contributed by atoms with Gasteiger partial charge in [-0.3, -0.25) is 14.5 Å². The van der Waals surface area contributed by atoms with E-state index in [4.69, 9.17) is 0 Å². The summed E-state index contributed by atoms with van der Waals surface area (Å²) < 4.78 is 0. The Balaban J connectivity index is 1.31. The van der Waals surface area contributed by atoms with Gasteiger partial charge in [0.25, 0.3) is 11.5 Å². The van der Waals surface area contributed by atoms with Gasteiger partial charge in [0.15, 0.2) is 0 Å². The first kappa shape index (κ1) is 18.8. The lowest BCUT2D eigenvalue weighted by molar-refractivity contribution is 0.0948. The van der Waals surface area contributed by atoms with Crippen LogP contribution in [-0.2, 0) is 13.1 Å². The van der Waals surface area contributed by atoms with Gasteiger partial charge in [-0.05, 0) is 30.4 Å². The fourth-order valence-corrected chi connectivity index (χ4v) is 3.71. The number of carbonyl (C=O) groups is 1. The molecule has 1 aromatic heterocycles. The molecule has 1 aliphatic carbocycles. The van der Waals surface area contributed by atoms with Gasteiger partial charge in [0.1, 0.15) is 11.4 Å². The normalized spacial score (nSPS) is 20.1. The maximum absolute atomic E-state index is 12.3. The van der Waals surface area contributed by atoms with E-state index in [0.29, 0.717) is 18.3 Å². The van der Waals surface area contributed by atoms with E-state index in [2.05, 4.69) is 20.2 Å². The van der Waals surface area contributed by atoms with Crippen LogP contribution in [0.2, 0.25) is 0 Å². The van der Waals surface area contributed by atoms with Crippen LogP contribution in [0.5, 0.6) is 0 Å². The highest BCUT2D eigenvalue weighted by Crippen LogP contribution is 2.33. The predicted molar refractivity (Wildman–Crippen MR) is 105 cm³/mol. The van der Waals surface area contributed by atoms with Crippen LogP contribution in [0.15, 0.2) is 35.3 Å². The molecular formula is C21H26N4O3. The summed E-state index contributed by atoms with van der Waals surface area (Å²) in [5, 5.41) is 12.4. The van der Waals surface area contributed by atoms with Crippen LogP contribution in [0, 0.1) is 0 Å². The quantitative estimate of drug-likeness (QED) is 0.704. The van der Waals surface area contributed by atoms with E-state index in [1.54, 1.807) is 0 Å². The zero-order valence-corrected chi connectivity index (χ0v) is 15.9. The number of hydrogen-bond donors (Lipinski definition) is 3. The van der Waals surface area contributed by atoms with Gasteiger partial charge in [0.05, 0.1) is 6.10 Å². The number of aromatic amines is 1. The van der Waals surface area contributed by atoms with Crippen molar-refractivity contribution in [1.82, 2.24) is 20.2 Å². The van der Waals surface area contributed by atoms with E-state index < -0.39 is 5.91 Å². The highest BCUT2D eigenvalue weighted by molar-refractivity contribution is 5.93. The van der Waals surface area contributed by atoms with Crippen molar-refractivity contribution in [1.29, 1.82) is 0 Å². The van der Waals surface area contributed by atoms with Crippen molar-refractivity contribution < 1.29 is 9.90 Å². The van der Waals surface area contributed by atoms with Crippen LogP contribution in [0.25, 0.3) is 0 Å². The first-order valence-corrected chi connectivity index (χ1v) is 9.94. The molecule has 7 heteroatoms. The second-order valence-corrected chi connectivity index (χ2v) is 7.82. The molecule has 148 valence electrons. The molecule has 1 aliphatic heterocycles. The number of aliphatic hydroxyl groups excluding tert-OH is 1. The van der Waals surface area contributed by atoms with Crippen molar-refractivity contribution >= 4 is 5.91 Å². The van der Waals surface area contributed by atoms with Crippen LogP contribution in [0.1, 0.15) is 58.9 Å². The van der Waals surface area contributed by atoms with Gasteiger partial charge in [-0.15, -0.1) is 0 Å². The first-order chi connectivity index (χ1) is 13.6. The number of nitrogens with zero attached hydrogens (tertiary/aromatic N) is 2. The molecule has 28 heavy (non-hydrogen) atoms. The molecule has 4 rings (SSSR count). The topological polar surface area (TPSA) is 98.3 Å². The molecule has 1 aromatic carbocycles. The summed E-state index contributed by atoms with van der Waals surface area (Å²) in [7, 11) is 0. The number of carbonyl (C=O) groups excluding carboxylic acids is 1. The number of nitrogens with one attached hydrogen (secondary N) is 2. The highest BCUT2D eigenvalue weighted by atomic mass is 16.3. The summed E-state index contributed by atoms with van der Waals surface area (Å²) in [6.07, 6.45) is 5.26. The van der Waals surface area contributed by atoms with Crippen LogP contribution in [0.4, 0.5) is 0 Å². The Morgan fingerprint density at radius 1 is 1.21 bits per heavy atom. The Hall–Kier alpha value is -2.51. The number of H-pyrrole nitrogens is 1. The summed E-state index contributed by atoms with van der Waals surface area (Å²) in [5.74, 6) is 0.602. The van der Waals surface area contributed by atoms with E-state index in [-0.39, 0.29) is 17.2 Å². The average Bonchev–Trinajstić information content (AvgIpc) is 3.04. The average molecular weight is 382 g/mol. The third kappa shape index (κ3) is 4.31. The molecule has 0 bridgehead atoms. The molecule has 1 unspecified atom stereocenters. The number of aromatic nitrogens is 2. The lowest BCUT2D eigenvalue weighted by atomic mass is 9.85. The van der Waals surface area contributed by atoms with Crippen LogP contribution in [0.3, 0.4) is 0 Å². The fourth-order valence-electron chi connectivity index (χ4n) is 3.71. The molecule has 7 nitrogen and oxygen atoms in total. The predicted octanol–water partition coefficient (Wildman–Crippen LogP) is 1.53. The Bertz CT molecular complexity index is 889. The van der Waals surface area contributed by atoms with Crippen LogP contribution < -0.4 is 10.9 Å². The second-order valence-electron chi connectivity index (χ2n) is 7.82. The third-order valence-electron chi connectivity index (χ3n) is 5.69. The van der Waals surface area contributed by atoms with Gasteiger partial charge in [-0.25, -0.2) is 4.98 Å². The van der Waals surface area contributed by atoms with Crippen molar-refractivity contribution in [2.24, 2.45) is 0 Å². The maximum Gasteiger partial charge on any atom is 0.263 e. The number of β-amino-alcohol motifs (C(OH)–C–C–N with tert-alkyl or cyclic N) is 1. The minimum absolute atomic E-state index is 0.0484. The molecule has 1 saturated heterocycles. The van der Waals surface area contributed by atoms with Crippen molar-refractivity contribution in [2.45, 2.75) is 50.8 Å². The van der Waals surface area contributed by atoms with Gasteiger partial charge in [-0.2, -0.15) is 0 Å². The number of amides is 1. The number of benzene rings is 1. The molecule has 1 amide bonds. The third-order valence-corrected chi connectivity index (χ3v) is 5.69. The molecule has 3 N–H and O–H groups in total. The Morgan fingerprint density at radius 2 is 1.96 bits per heavy atom. The molecule has 2 aliphatic rings. The number of rotatable bonds is 6. The van der Waals surface area contributed by atoms with E-state index in [9.17, 15) is 14.7 Å². The fraction of sp³-hybridized carbons (Fsp3) is 0.476. The first-order valence-electron chi connectivity index (χ1n) is 9.94. The van der Waals surface area contributed by atoms with E-state index >= 15 is 0 Å². The zero-order chi connectivity index (χ0) is 19.5. The molecule has 2 aromatic rings. The van der Waals surface area contributed by atoms with E-state index in [1.165, 1.54) is 11.8 Å². The largest absolute Gasteiger partial charge is 0.392 e. The lowest BCUT2D eigenvalue weighted by Gasteiger charge is -2.23. The molecule has 0 spiro atoms. The van der Waals surface area contributed by atoms with Crippen LogP contribution >= 0.6 is 0 Å². The lowest BCUT2D eigenvalue weighted by Crippen LogP contribution is -2.31. The molecule has 1 saturated carbocycles. The van der Waals surface area contributed by atoms with E-state index in [0.717, 1.165) is 50.9 Å².